The van der Waals surface area contributed by atoms with Gasteiger partial charge in [0.05, 0.1) is 11.9 Å². The third-order valence-corrected chi connectivity index (χ3v) is 4.39. The van der Waals surface area contributed by atoms with Crippen LogP contribution in [0.15, 0.2) is 59.5 Å². The van der Waals surface area contributed by atoms with Gasteiger partial charge >= 0.3 is 0 Å². The molecule has 0 fully saturated rings. The maximum Gasteiger partial charge on any atom is 0.291 e. The van der Waals surface area contributed by atoms with E-state index >= 15 is 0 Å². The molecule has 0 atom stereocenters. The summed E-state index contributed by atoms with van der Waals surface area (Å²) in [6.45, 7) is -0.283. The number of nitrogens with zero attached hydrogens (tertiary/aromatic N) is 3. The SMILES string of the molecule is CN(C(=O)Cn1ncc2c([nH]c3ccccc32)c1=O)c1ccccc1F. The Morgan fingerprint density at radius 2 is 1.88 bits per heavy atom. The highest BCUT2D eigenvalue weighted by Gasteiger charge is 2.17. The zero-order valence-electron chi connectivity index (χ0n) is 13.9. The molecular weight excluding hydrogens is 335 g/mol. The number of nitrogens with one attached hydrogen (secondary N) is 1. The van der Waals surface area contributed by atoms with E-state index in [0.717, 1.165) is 15.6 Å². The first-order valence-electron chi connectivity index (χ1n) is 8.04. The van der Waals surface area contributed by atoms with E-state index in [2.05, 4.69) is 10.1 Å². The maximum absolute atomic E-state index is 13.9. The van der Waals surface area contributed by atoms with Gasteiger partial charge in [0.2, 0.25) is 5.91 Å². The number of hydrogen-bond donors (Lipinski definition) is 1. The van der Waals surface area contributed by atoms with E-state index in [4.69, 9.17) is 0 Å². The Morgan fingerprint density at radius 3 is 2.69 bits per heavy atom. The molecule has 0 saturated carbocycles. The molecule has 4 aromatic rings. The van der Waals surface area contributed by atoms with Gasteiger partial charge in [-0.1, -0.05) is 30.3 Å². The average molecular weight is 350 g/mol. The van der Waals surface area contributed by atoms with E-state index in [1.165, 1.54) is 24.1 Å². The summed E-state index contributed by atoms with van der Waals surface area (Å²) in [5.41, 5.74) is 0.975. The fraction of sp³-hybridized carbons (Fsp3) is 0.105. The molecule has 2 aromatic carbocycles. The van der Waals surface area contributed by atoms with Gasteiger partial charge in [0.25, 0.3) is 5.56 Å². The van der Waals surface area contributed by atoms with Gasteiger partial charge in [-0.25, -0.2) is 9.07 Å². The van der Waals surface area contributed by atoms with Crippen molar-refractivity contribution in [3.8, 4) is 0 Å². The summed E-state index contributed by atoms with van der Waals surface area (Å²) < 4.78 is 14.9. The highest BCUT2D eigenvalue weighted by Crippen LogP contribution is 2.22. The fourth-order valence-electron chi connectivity index (χ4n) is 2.98. The number of benzene rings is 2. The van der Waals surface area contributed by atoms with Gasteiger partial charge in [0, 0.05) is 23.3 Å². The Hall–Kier alpha value is -3.48. The minimum absolute atomic E-state index is 0.150. The van der Waals surface area contributed by atoms with Crippen molar-refractivity contribution in [2.75, 3.05) is 11.9 Å². The Bertz CT molecular complexity index is 1200. The van der Waals surface area contributed by atoms with Crippen molar-refractivity contribution in [1.82, 2.24) is 14.8 Å². The van der Waals surface area contributed by atoms with Crippen LogP contribution in [0.4, 0.5) is 10.1 Å². The first-order valence-corrected chi connectivity index (χ1v) is 8.04. The van der Waals surface area contributed by atoms with Gasteiger partial charge in [0.1, 0.15) is 17.9 Å². The quantitative estimate of drug-likeness (QED) is 0.617. The zero-order valence-corrected chi connectivity index (χ0v) is 13.9. The second-order valence-corrected chi connectivity index (χ2v) is 5.97. The van der Waals surface area contributed by atoms with Crippen LogP contribution in [0, 0.1) is 5.82 Å². The van der Waals surface area contributed by atoms with Gasteiger partial charge in [0.15, 0.2) is 0 Å². The molecule has 0 aliphatic heterocycles. The molecule has 1 amide bonds. The standard InChI is InChI=1S/C19H15FN4O2/c1-23(16-9-5-3-7-14(16)20)17(25)11-24-19(26)18-13(10-21-24)12-6-2-4-8-15(12)22-18/h2-10,22H,11H2,1H3. The summed E-state index contributed by atoms with van der Waals surface area (Å²) in [4.78, 5) is 29.4. The van der Waals surface area contributed by atoms with Gasteiger partial charge in [-0.15, -0.1) is 0 Å². The molecule has 1 N–H and O–H groups in total. The van der Waals surface area contributed by atoms with E-state index in [1.54, 1.807) is 18.3 Å². The molecular formula is C19H15FN4O2. The molecule has 0 saturated heterocycles. The Balaban J connectivity index is 1.70. The number of rotatable bonds is 3. The van der Waals surface area contributed by atoms with E-state index in [1.807, 2.05) is 24.3 Å². The number of H-pyrrole nitrogens is 1. The molecule has 0 unspecified atom stereocenters. The second-order valence-electron chi connectivity index (χ2n) is 5.97. The van der Waals surface area contributed by atoms with E-state index in [-0.39, 0.29) is 12.2 Å². The number of fused-ring (bicyclic) bond motifs is 3. The number of carbonyl (C=O) groups excluding carboxylic acids is 1. The second kappa shape index (κ2) is 6.11. The molecule has 6 nitrogen and oxygen atoms in total. The Kier molecular flexibility index (Phi) is 3.76. The number of carbonyl (C=O) groups is 1. The smallest absolute Gasteiger partial charge is 0.291 e. The number of aromatic nitrogens is 3. The van der Waals surface area contributed by atoms with Crippen molar-refractivity contribution < 1.29 is 9.18 Å². The van der Waals surface area contributed by atoms with Crippen LogP contribution in [-0.4, -0.2) is 27.7 Å². The number of hydrogen-bond acceptors (Lipinski definition) is 3. The number of halogens is 1. The van der Waals surface area contributed by atoms with Crippen molar-refractivity contribution in [2.45, 2.75) is 6.54 Å². The van der Waals surface area contributed by atoms with Crippen LogP contribution in [0.2, 0.25) is 0 Å². The van der Waals surface area contributed by atoms with Crippen LogP contribution >= 0.6 is 0 Å². The van der Waals surface area contributed by atoms with Crippen LogP contribution in [-0.2, 0) is 11.3 Å². The number of likely N-dealkylation sites (N-methyl/N-ethyl adjacent to an activating group) is 1. The molecule has 0 aliphatic carbocycles. The van der Waals surface area contributed by atoms with Gasteiger partial charge in [-0.05, 0) is 18.2 Å². The monoisotopic (exact) mass is 350 g/mol. The predicted molar refractivity (Wildman–Crippen MR) is 97.7 cm³/mol. The number of aromatic amines is 1. The first-order chi connectivity index (χ1) is 12.6. The molecule has 26 heavy (non-hydrogen) atoms. The molecule has 2 aromatic heterocycles. The van der Waals surface area contributed by atoms with E-state index in [0.29, 0.717) is 10.9 Å². The highest BCUT2D eigenvalue weighted by molar-refractivity contribution is 6.06. The summed E-state index contributed by atoms with van der Waals surface area (Å²) in [5.74, 6) is -0.949. The van der Waals surface area contributed by atoms with Crippen LogP contribution in [0.1, 0.15) is 0 Å². The summed E-state index contributed by atoms with van der Waals surface area (Å²) in [6.07, 6.45) is 1.56. The minimum atomic E-state index is -0.505. The molecule has 130 valence electrons. The van der Waals surface area contributed by atoms with Crippen molar-refractivity contribution in [3.05, 3.63) is 70.9 Å². The molecule has 7 heteroatoms. The number of amides is 1. The summed E-state index contributed by atoms with van der Waals surface area (Å²) >= 11 is 0. The van der Waals surface area contributed by atoms with E-state index in [9.17, 15) is 14.0 Å². The topological polar surface area (TPSA) is 71.0 Å². The lowest BCUT2D eigenvalue weighted by atomic mass is 10.2. The number of anilines is 1. The van der Waals surface area contributed by atoms with Gasteiger partial charge < -0.3 is 9.88 Å². The van der Waals surface area contributed by atoms with Gasteiger partial charge in [-0.3, -0.25) is 9.59 Å². The Morgan fingerprint density at radius 1 is 1.15 bits per heavy atom. The molecule has 2 heterocycles. The summed E-state index contributed by atoms with van der Waals surface area (Å²) in [7, 11) is 1.47. The zero-order chi connectivity index (χ0) is 18.3. The van der Waals surface area contributed by atoms with Crippen molar-refractivity contribution in [1.29, 1.82) is 0 Å². The van der Waals surface area contributed by atoms with E-state index < -0.39 is 17.3 Å². The maximum atomic E-state index is 13.9. The third kappa shape index (κ3) is 2.54. The average Bonchev–Trinajstić information content (AvgIpc) is 3.03. The van der Waals surface area contributed by atoms with Crippen molar-refractivity contribution in [2.24, 2.45) is 0 Å². The summed E-state index contributed by atoms with van der Waals surface area (Å²) in [5, 5.41) is 5.71. The fourth-order valence-corrected chi connectivity index (χ4v) is 2.98. The lowest BCUT2D eigenvalue weighted by molar-refractivity contribution is -0.119. The normalized spacial score (nSPS) is 11.2. The molecule has 0 bridgehead atoms. The van der Waals surface area contributed by atoms with Crippen LogP contribution in [0.5, 0.6) is 0 Å². The molecule has 0 radical (unpaired) electrons. The lowest BCUT2D eigenvalue weighted by Gasteiger charge is -2.18. The van der Waals surface area contributed by atoms with Crippen LogP contribution in [0.25, 0.3) is 21.8 Å². The minimum Gasteiger partial charge on any atom is -0.350 e. The number of para-hydroxylation sites is 2. The van der Waals surface area contributed by atoms with Crippen molar-refractivity contribution in [3.63, 3.8) is 0 Å². The molecule has 0 spiro atoms. The van der Waals surface area contributed by atoms with Gasteiger partial charge in [-0.2, -0.15) is 5.10 Å². The van der Waals surface area contributed by atoms with Crippen LogP contribution < -0.4 is 10.5 Å². The third-order valence-electron chi connectivity index (χ3n) is 4.39. The largest absolute Gasteiger partial charge is 0.350 e. The van der Waals surface area contributed by atoms with Crippen LogP contribution in [0.3, 0.4) is 0 Å². The lowest BCUT2D eigenvalue weighted by Crippen LogP contribution is -2.35. The summed E-state index contributed by atoms with van der Waals surface area (Å²) in [6, 6.07) is 13.5. The highest BCUT2D eigenvalue weighted by atomic mass is 19.1. The van der Waals surface area contributed by atoms with Crippen molar-refractivity contribution >= 4 is 33.4 Å². The Labute approximate surface area is 147 Å². The molecule has 0 aliphatic rings. The first kappa shape index (κ1) is 16.0. The predicted octanol–water partition coefficient (Wildman–Crippen LogP) is 2.68. The molecule has 4 rings (SSSR count).